The molecule has 2 amide bonds. The van der Waals surface area contributed by atoms with Crippen molar-refractivity contribution in [3.05, 3.63) is 35.4 Å². The van der Waals surface area contributed by atoms with Crippen LogP contribution in [0.1, 0.15) is 37.8 Å². The molecule has 0 radical (unpaired) electrons. The third-order valence-electron chi connectivity index (χ3n) is 4.20. The molecule has 3 N–H and O–H groups in total. The molecule has 7 heteroatoms. The highest BCUT2D eigenvalue weighted by Gasteiger charge is 2.31. The number of aliphatic hydroxyl groups excluding tert-OH is 1. The van der Waals surface area contributed by atoms with Gasteiger partial charge in [0.05, 0.1) is 12.6 Å². The fourth-order valence-corrected chi connectivity index (χ4v) is 2.72. The van der Waals surface area contributed by atoms with E-state index in [2.05, 4.69) is 10.6 Å². The molecule has 0 saturated carbocycles. The molecule has 1 unspecified atom stereocenters. The summed E-state index contributed by atoms with van der Waals surface area (Å²) in [5.41, 5.74) is 2.01. The second kappa shape index (κ2) is 9.54. The molecular formula is C19H28N2O5. The molecule has 144 valence electrons. The van der Waals surface area contributed by atoms with E-state index in [1.54, 1.807) is 0 Å². The highest BCUT2D eigenvalue weighted by atomic mass is 16.6. The van der Waals surface area contributed by atoms with Gasteiger partial charge >= 0.3 is 6.09 Å². The molecule has 26 heavy (non-hydrogen) atoms. The van der Waals surface area contributed by atoms with Crippen molar-refractivity contribution in [2.45, 2.75) is 58.6 Å². The van der Waals surface area contributed by atoms with Gasteiger partial charge in [0, 0.05) is 0 Å². The number of aliphatic hydroxyl groups is 1. The van der Waals surface area contributed by atoms with E-state index in [1.807, 2.05) is 45.0 Å². The lowest BCUT2D eigenvalue weighted by Crippen LogP contribution is -2.51. The van der Waals surface area contributed by atoms with Gasteiger partial charge in [0.25, 0.3) is 0 Å². The summed E-state index contributed by atoms with van der Waals surface area (Å²) in [4.78, 5) is 24.6. The van der Waals surface area contributed by atoms with Gasteiger partial charge in [0.2, 0.25) is 5.91 Å². The summed E-state index contributed by atoms with van der Waals surface area (Å²) in [6, 6.07) is 6.49. The second-order valence-electron chi connectivity index (χ2n) is 7.05. The maximum atomic E-state index is 12.5. The Labute approximate surface area is 154 Å². The van der Waals surface area contributed by atoms with Crippen LogP contribution in [-0.4, -0.2) is 42.1 Å². The van der Waals surface area contributed by atoms with E-state index in [0.29, 0.717) is 19.4 Å². The Balaban J connectivity index is 1.87. The first-order valence-corrected chi connectivity index (χ1v) is 8.94. The monoisotopic (exact) mass is 364 g/mol. The minimum absolute atomic E-state index is 0.136. The predicted octanol–water partition coefficient (Wildman–Crippen LogP) is 1.86. The highest BCUT2D eigenvalue weighted by molar-refractivity contribution is 5.85. The highest BCUT2D eigenvalue weighted by Crippen LogP contribution is 2.12. The van der Waals surface area contributed by atoms with Crippen LogP contribution in [0.2, 0.25) is 0 Å². The predicted molar refractivity (Wildman–Crippen MR) is 96.2 cm³/mol. The number of carbonyl (C=O) groups is 2. The Hall–Kier alpha value is -2.12. The van der Waals surface area contributed by atoms with Crippen molar-refractivity contribution < 1.29 is 24.2 Å². The van der Waals surface area contributed by atoms with E-state index in [0.717, 1.165) is 11.1 Å². The first-order chi connectivity index (χ1) is 12.3. The van der Waals surface area contributed by atoms with Gasteiger partial charge in [-0.1, -0.05) is 43.7 Å². The number of alkyl carbamates (subject to hydrolysis) is 1. The summed E-state index contributed by atoms with van der Waals surface area (Å²) in [6.07, 6.45) is -0.643. The minimum Gasteiger partial charge on any atom is -0.445 e. The number of hydrogen-bond acceptors (Lipinski definition) is 5. The third kappa shape index (κ3) is 6.31. The Kier molecular flexibility index (Phi) is 7.41. The van der Waals surface area contributed by atoms with Crippen molar-refractivity contribution in [1.29, 1.82) is 0 Å². The van der Waals surface area contributed by atoms with Crippen LogP contribution in [0.15, 0.2) is 24.3 Å². The lowest BCUT2D eigenvalue weighted by molar-refractivity contribution is -0.127. The Bertz CT molecular complexity index is 602. The number of rotatable bonds is 7. The van der Waals surface area contributed by atoms with E-state index in [9.17, 15) is 14.7 Å². The van der Waals surface area contributed by atoms with Crippen LogP contribution in [0.3, 0.4) is 0 Å². The van der Waals surface area contributed by atoms with Crippen molar-refractivity contribution >= 4 is 12.0 Å². The van der Waals surface area contributed by atoms with Crippen LogP contribution in [0, 0.1) is 12.8 Å². The van der Waals surface area contributed by atoms with E-state index in [1.165, 1.54) is 0 Å². The molecule has 7 nitrogen and oxygen atoms in total. The van der Waals surface area contributed by atoms with Crippen molar-refractivity contribution in [2.75, 3.05) is 6.61 Å². The van der Waals surface area contributed by atoms with Gasteiger partial charge in [0.1, 0.15) is 12.6 Å². The van der Waals surface area contributed by atoms with Gasteiger partial charge in [-0.05, 0) is 31.2 Å². The topological polar surface area (TPSA) is 96.9 Å². The number of carbonyl (C=O) groups excluding carboxylic acids is 2. The van der Waals surface area contributed by atoms with Crippen molar-refractivity contribution in [3.8, 4) is 0 Å². The number of aryl methyl sites for hydroxylation is 1. The molecule has 0 aliphatic carbocycles. The number of ether oxygens (including phenoxy) is 2. The Morgan fingerprint density at radius 3 is 2.58 bits per heavy atom. The number of nitrogens with one attached hydrogen (secondary N) is 2. The minimum atomic E-state index is -1.01. The molecule has 1 aliphatic heterocycles. The molecule has 1 saturated heterocycles. The van der Waals surface area contributed by atoms with Gasteiger partial charge in [0.15, 0.2) is 6.29 Å². The maximum Gasteiger partial charge on any atom is 0.408 e. The number of benzene rings is 1. The average molecular weight is 364 g/mol. The molecule has 1 fully saturated rings. The van der Waals surface area contributed by atoms with Gasteiger partial charge in [-0.3, -0.25) is 4.79 Å². The normalized spacial score (nSPS) is 20.7. The molecule has 2 rings (SSSR count). The van der Waals surface area contributed by atoms with Gasteiger partial charge in [-0.2, -0.15) is 0 Å². The van der Waals surface area contributed by atoms with Gasteiger partial charge in [-0.25, -0.2) is 4.79 Å². The Morgan fingerprint density at radius 2 is 2.00 bits per heavy atom. The van der Waals surface area contributed by atoms with Crippen LogP contribution in [0.25, 0.3) is 0 Å². The molecule has 0 aromatic heterocycles. The summed E-state index contributed by atoms with van der Waals surface area (Å²) in [7, 11) is 0. The van der Waals surface area contributed by atoms with Crippen LogP contribution >= 0.6 is 0 Å². The zero-order valence-electron chi connectivity index (χ0n) is 15.5. The fraction of sp³-hybridized carbons (Fsp3) is 0.579. The molecule has 1 aromatic rings. The van der Waals surface area contributed by atoms with E-state index in [4.69, 9.17) is 9.47 Å². The van der Waals surface area contributed by atoms with Crippen molar-refractivity contribution in [2.24, 2.45) is 5.92 Å². The lowest BCUT2D eigenvalue weighted by Gasteiger charge is -2.23. The summed E-state index contributed by atoms with van der Waals surface area (Å²) in [5, 5.41) is 15.0. The fourth-order valence-electron chi connectivity index (χ4n) is 2.72. The molecular weight excluding hydrogens is 336 g/mol. The standard InChI is InChI=1S/C19H28N2O5/c1-12(2)10-16(17(22)20-15-8-9-25-18(15)23)21-19(24)26-11-14-6-4-13(3)5-7-14/h4-7,12,15-16,18,23H,8-11H2,1-3H3,(H,20,22)(H,21,24)/t15-,16-,18?/m0/s1. The smallest absolute Gasteiger partial charge is 0.408 e. The summed E-state index contributed by atoms with van der Waals surface area (Å²) >= 11 is 0. The average Bonchev–Trinajstić information content (AvgIpc) is 2.98. The second-order valence-corrected chi connectivity index (χ2v) is 7.05. The molecule has 1 aliphatic rings. The SMILES string of the molecule is Cc1ccc(COC(=O)N[C@@H](CC(C)C)C(=O)N[C@H]2CCOC2O)cc1. The van der Waals surface area contributed by atoms with Crippen LogP contribution in [0.4, 0.5) is 4.79 Å². The zero-order valence-corrected chi connectivity index (χ0v) is 15.5. The van der Waals surface area contributed by atoms with Crippen molar-refractivity contribution in [3.63, 3.8) is 0 Å². The third-order valence-corrected chi connectivity index (χ3v) is 4.20. The molecule has 3 atom stereocenters. The maximum absolute atomic E-state index is 12.5. The molecule has 1 heterocycles. The zero-order chi connectivity index (χ0) is 19.1. The first-order valence-electron chi connectivity index (χ1n) is 8.94. The van der Waals surface area contributed by atoms with Crippen LogP contribution in [0.5, 0.6) is 0 Å². The van der Waals surface area contributed by atoms with Crippen LogP contribution in [-0.2, 0) is 20.9 Å². The summed E-state index contributed by atoms with van der Waals surface area (Å²) in [6.45, 7) is 6.45. The lowest BCUT2D eigenvalue weighted by atomic mass is 10.0. The van der Waals surface area contributed by atoms with Crippen molar-refractivity contribution in [1.82, 2.24) is 10.6 Å². The molecule has 0 spiro atoms. The van der Waals surface area contributed by atoms with Gasteiger partial charge < -0.3 is 25.2 Å². The molecule has 0 bridgehead atoms. The Morgan fingerprint density at radius 1 is 1.31 bits per heavy atom. The molecule has 1 aromatic carbocycles. The number of hydrogen-bond donors (Lipinski definition) is 3. The first kappa shape index (κ1) is 20.2. The van der Waals surface area contributed by atoms with E-state index < -0.39 is 24.5 Å². The quantitative estimate of drug-likeness (QED) is 0.686. The summed E-state index contributed by atoms with van der Waals surface area (Å²) in [5.74, 6) is -0.145. The largest absolute Gasteiger partial charge is 0.445 e. The van der Waals surface area contributed by atoms with Gasteiger partial charge in [-0.15, -0.1) is 0 Å². The van der Waals surface area contributed by atoms with E-state index in [-0.39, 0.29) is 18.4 Å². The van der Waals surface area contributed by atoms with Crippen LogP contribution < -0.4 is 10.6 Å². The number of amides is 2. The van der Waals surface area contributed by atoms with E-state index >= 15 is 0 Å². The summed E-state index contributed by atoms with van der Waals surface area (Å²) < 4.78 is 10.3.